The Kier molecular flexibility index (Phi) is 5.81. The van der Waals surface area contributed by atoms with Crippen LogP contribution in [-0.4, -0.2) is 34.0 Å². The van der Waals surface area contributed by atoms with Gasteiger partial charge in [-0.05, 0) is 60.9 Å². The molecule has 0 saturated carbocycles. The second kappa shape index (κ2) is 8.67. The van der Waals surface area contributed by atoms with E-state index < -0.39 is 0 Å². The van der Waals surface area contributed by atoms with Crippen LogP contribution in [0.2, 0.25) is 0 Å². The van der Waals surface area contributed by atoms with Gasteiger partial charge in [0, 0.05) is 13.1 Å². The van der Waals surface area contributed by atoms with Crippen LogP contribution >= 0.6 is 11.3 Å². The predicted octanol–water partition coefficient (Wildman–Crippen LogP) is 4.80. The van der Waals surface area contributed by atoms with Crippen molar-refractivity contribution in [2.45, 2.75) is 20.0 Å². The number of hydrogen-bond donors (Lipinski definition) is 1. The van der Waals surface area contributed by atoms with Crippen LogP contribution in [0.3, 0.4) is 0 Å². The van der Waals surface area contributed by atoms with Gasteiger partial charge in [-0.1, -0.05) is 18.2 Å². The highest BCUT2D eigenvalue weighted by Crippen LogP contribution is 2.27. The Bertz CT molecular complexity index is 1070. The number of phenolic OH excluding ortho intramolecular Hbond substituents is 1. The van der Waals surface area contributed by atoms with Crippen molar-refractivity contribution >= 4 is 22.8 Å². The lowest BCUT2D eigenvalue weighted by atomic mass is 9.99. The summed E-state index contributed by atoms with van der Waals surface area (Å²) in [5.74, 6) is 0.454. The van der Waals surface area contributed by atoms with E-state index in [1.54, 1.807) is 24.3 Å². The van der Waals surface area contributed by atoms with E-state index in [0.717, 1.165) is 12.0 Å². The SMILES string of the molecule is Cc1nc(COc2ccc(F)cc2)sc1C(=O)N1CC=C(c2ccc(O)cc2)CC1. The first-order valence-electron chi connectivity index (χ1n) is 9.62. The Hall–Kier alpha value is -3.19. The van der Waals surface area contributed by atoms with Crippen LogP contribution < -0.4 is 4.74 Å². The lowest BCUT2D eigenvalue weighted by molar-refractivity contribution is 0.0776. The molecule has 0 spiro atoms. The Labute approximate surface area is 178 Å². The molecule has 2 heterocycles. The van der Waals surface area contributed by atoms with Crippen molar-refractivity contribution in [3.05, 3.63) is 81.6 Å². The first kappa shape index (κ1) is 20.1. The maximum atomic E-state index is 13.0. The number of phenols is 1. The zero-order chi connectivity index (χ0) is 21.1. The van der Waals surface area contributed by atoms with Gasteiger partial charge in [0.05, 0.1) is 5.69 Å². The minimum absolute atomic E-state index is 0.0287. The summed E-state index contributed by atoms with van der Waals surface area (Å²) >= 11 is 1.33. The number of aryl methyl sites for hydroxylation is 1. The lowest BCUT2D eigenvalue weighted by Gasteiger charge is -2.26. The van der Waals surface area contributed by atoms with Crippen LogP contribution in [0.25, 0.3) is 5.57 Å². The van der Waals surface area contributed by atoms with Crippen molar-refractivity contribution < 1.29 is 19.0 Å². The van der Waals surface area contributed by atoms with Crippen molar-refractivity contribution in [1.29, 1.82) is 0 Å². The first-order chi connectivity index (χ1) is 14.5. The number of nitrogens with zero attached hydrogens (tertiary/aromatic N) is 2. The number of aromatic nitrogens is 1. The molecule has 0 aliphatic carbocycles. The van der Waals surface area contributed by atoms with Gasteiger partial charge in [-0.15, -0.1) is 11.3 Å². The van der Waals surface area contributed by atoms with E-state index in [2.05, 4.69) is 11.1 Å². The van der Waals surface area contributed by atoms with Gasteiger partial charge >= 0.3 is 0 Å². The number of hydrogen-bond acceptors (Lipinski definition) is 5. The third-order valence-electron chi connectivity index (χ3n) is 4.95. The van der Waals surface area contributed by atoms with Crippen molar-refractivity contribution in [1.82, 2.24) is 9.88 Å². The summed E-state index contributed by atoms with van der Waals surface area (Å²) in [6.07, 6.45) is 2.82. The molecule has 1 N–H and O–H groups in total. The van der Waals surface area contributed by atoms with Crippen molar-refractivity contribution in [3.63, 3.8) is 0 Å². The van der Waals surface area contributed by atoms with Crippen LogP contribution in [0.4, 0.5) is 4.39 Å². The van der Waals surface area contributed by atoms with E-state index in [1.165, 1.54) is 29.0 Å². The van der Waals surface area contributed by atoms with Gasteiger partial charge in [0.25, 0.3) is 5.91 Å². The third-order valence-corrected chi connectivity index (χ3v) is 6.06. The molecular formula is C23H21FN2O3S. The van der Waals surface area contributed by atoms with Gasteiger partial charge in [-0.3, -0.25) is 4.79 Å². The maximum Gasteiger partial charge on any atom is 0.266 e. The molecule has 154 valence electrons. The van der Waals surface area contributed by atoms with E-state index in [9.17, 15) is 14.3 Å². The summed E-state index contributed by atoms with van der Waals surface area (Å²) in [5, 5.41) is 10.1. The van der Waals surface area contributed by atoms with Crippen LogP contribution in [0.15, 0.2) is 54.6 Å². The Morgan fingerprint density at radius 2 is 1.93 bits per heavy atom. The van der Waals surface area contributed by atoms with Gasteiger partial charge < -0.3 is 14.7 Å². The molecule has 0 radical (unpaired) electrons. The van der Waals surface area contributed by atoms with Crippen LogP contribution in [0.5, 0.6) is 11.5 Å². The average molecular weight is 424 g/mol. The lowest BCUT2D eigenvalue weighted by Crippen LogP contribution is -2.34. The highest BCUT2D eigenvalue weighted by atomic mass is 32.1. The zero-order valence-corrected chi connectivity index (χ0v) is 17.3. The molecule has 3 aromatic rings. The van der Waals surface area contributed by atoms with E-state index in [1.807, 2.05) is 24.0 Å². The fourth-order valence-electron chi connectivity index (χ4n) is 3.32. The molecule has 4 rings (SSSR count). The number of carbonyl (C=O) groups excluding carboxylic acids is 1. The van der Waals surface area contributed by atoms with E-state index in [4.69, 9.17) is 4.74 Å². The Balaban J connectivity index is 1.40. The van der Waals surface area contributed by atoms with Gasteiger partial charge in [-0.25, -0.2) is 9.37 Å². The summed E-state index contributed by atoms with van der Waals surface area (Å²) in [7, 11) is 0. The van der Waals surface area contributed by atoms with Gasteiger partial charge in [0.15, 0.2) is 0 Å². The number of halogens is 1. The molecule has 0 unspecified atom stereocenters. The fraction of sp³-hybridized carbons (Fsp3) is 0.217. The van der Waals surface area contributed by atoms with Crippen molar-refractivity contribution in [2.75, 3.05) is 13.1 Å². The Morgan fingerprint density at radius 1 is 1.20 bits per heavy atom. The molecule has 0 atom stereocenters. The maximum absolute atomic E-state index is 13.0. The molecule has 5 nitrogen and oxygen atoms in total. The topological polar surface area (TPSA) is 62.7 Å². The first-order valence-corrected chi connectivity index (χ1v) is 10.4. The summed E-state index contributed by atoms with van der Waals surface area (Å²) in [6, 6.07) is 12.9. The minimum Gasteiger partial charge on any atom is -0.508 e. The monoisotopic (exact) mass is 424 g/mol. The molecule has 7 heteroatoms. The second-order valence-electron chi connectivity index (χ2n) is 7.04. The summed E-state index contributed by atoms with van der Waals surface area (Å²) in [6.45, 7) is 3.22. The molecule has 2 aromatic carbocycles. The number of benzene rings is 2. The molecule has 1 amide bonds. The highest BCUT2D eigenvalue weighted by molar-refractivity contribution is 7.13. The number of amides is 1. The number of ether oxygens (including phenoxy) is 1. The molecule has 1 aliphatic heterocycles. The molecule has 1 aliphatic rings. The summed E-state index contributed by atoms with van der Waals surface area (Å²) in [4.78, 5) is 19.9. The van der Waals surface area contributed by atoms with Crippen molar-refractivity contribution in [3.8, 4) is 11.5 Å². The molecule has 30 heavy (non-hydrogen) atoms. The molecular weight excluding hydrogens is 403 g/mol. The number of thiazole rings is 1. The van der Waals surface area contributed by atoms with Crippen molar-refractivity contribution in [2.24, 2.45) is 0 Å². The molecule has 0 fully saturated rings. The predicted molar refractivity (Wildman–Crippen MR) is 114 cm³/mol. The number of aromatic hydroxyl groups is 1. The van der Waals surface area contributed by atoms with Gasteiger partial charge in [-0.2, -0.15) is 0 Å². The standard InChI is InChI=1S/C23H21FN2O3S/c1-15-22(30-21(25-15)14-29-20-8-4-18(24)5-9-20)23(28)26-12-10-17(11-13-26)16-2-6-19(27)7-3-16/h2-10,27H,11-14H2,1H3. The summed E-state index contributed by atoms with van der Waals surface area (Å²) in [5.41, 5.74) is 2.93. The molecule has 1 aromatic heterocycles. The largest absolute Gasteiger partial charge is 0.508 e. The molecule has 0 saturated heterocycles. The van der Waals surface area contributed by atoms with Gasteiger partial charge in [0.2, 0.25) is 0 Å². The summed E-state index contributed by atoms with van der Waals surface area (Å²) < 4.78 is 18.6. The normalized spacial score (nSPS) is 13.8. The number of rotatable bonds is 5. The quantitative estimate of drug-likeness (QED) is 0.639. The number of carbonyl (C=O) groups is 1. The minimum atomic E-state index is -0.315. The third kappa shape index (κ3) is 4.52. The van der Waals surface area contributed by atoms with Crippen LogP contribution in [0, 0.1) is 12.7 Å². The highest BCUT2D eigenvalue weighted by Gasteiger charge is 2.23. The van der Waals surface area contributed by atoms with E-state index in [-0.39, 0.29) is 24.1 Å². The van der Waals surface area contributed by atoms with Crippen LogP contribution in [0.1, 0.15) is 32.4 Å². The zero-order valence-electron chi connectivity index (χ0n) is 16.5. The van der Waals surface area contributed by atoms with Gasteiger partial charge in [0.1, 0.15) is 33.8 Å². The smallest absolute Gasteiger partial charge is 0.266 e. The van der Waals surface area contributed by atoms with E-state index >= 15 is 0 Å². The van der Waals surface area contributed by atoms with Crippen LogP contribution in [-0.2, 0) is 6.61 Å². The fourth-order valence-corrected chi connectivity index (χ4v) is 4.27. The average Bonchev–Trinajstić information content (AvgIpc) is 3.14. The Morgan fingerprint density at radius 3 is 2.60 bits per heavy atom. The molecule has 0 bridgehead atoms. The van der Waals surface area contributed by atoms with E-state index in [0.29, 0.717) is 34.4 Å². The second-order valence-corrected chi connectivity index (χ2v) is 8.13.